The second kappa shape index (κ2) is 9.93. The molecule has 0 bridgehead atoms. The molecule has 0 atom stereocenters. The molecule has 1 aliphatic heterocycles. The lowest BCUT2D eigenvalue weighted by Crippen LogP contribution is -2.46. The van der Waals surface area contributed by atoms with E-state index in [0.717, 1.165) is 49.7 Å². The largest absolute Gasteiger partial charge is 0.481 e. The number of piperazine rings is 1. The Bertz CT molecular complexity index is 847. The van der Waals surface area contributed by atoms with E-state index < -0.39 is 5.97 Å². The molecule has 154 valence electrons. The van der Waals surface area contributed by atoms with E-state index in [1.54, 1.807) is 12.1 Å². The highest BCUT2D eigenvalue weighted by Gasteiger charge is 2.18. The summed E-state index contributed by atoms with van der Waals surface area (Å²) in [4.78, 5) is 28.0. The zero-order chi connectivity index (χ0) is 20.6. The lowest BCUT2D eigenvalue weighted by Gasteiger charge is -2.36. The fourth-order valence-electron chi connectivity index (χ4n) is 3.50. The number of hydrogen-bond acceptors (Lipinski definition) is 4. The van der Waals surface area contributed by atoms with E-state index in [1.165, 1.54) is 0 Å². The molecule has 1 heterocycles. The summed E-state index contributed by atoms with van der Waals surface area (Å²) in [5, 5.41) is 14.6. The molecule has 1 fully saturated rings. The van der Waals surface area contributed by atoms with Crippen molar-refractivity contribution in [1.29, 1.82) is 0 Å². The van der Waals surface area contributed by atoms with Crippen molar-refractivity contribution in [3.63, 3.8) is 0 Å². The predicted molar refractivity (Wildman–Crippen MR) is 116 cm³/mol. The van der Waals surface area contributed by atoms with Crippen molar-refractivity contribution >= 4 is 29.1 Å². The third-order valence-corrected chi connectivity index (χ3v) is 5.12. The van der Waals surface area contributed by atoms with Gasteiger partial charge < -0.3 is 25.5 Å². The minimum absolute atomic E-state index is 0.0638. The number of carbonyl (C=O) groups is 2. The second-order valence-corrected chi connectivity index (χ2v) is 7.11. The van der Waals surface area contributed by atoms with Crippen LogP contribution in [0.5, 0.6) is 0 Å². The van der Waals surface area contributed by atoms with Crippen molar-refractivity contribution < 1.29 is 14.7 Å². The molecule has 3 N–H and O–H groups in total. The topological polar surface area (TPSA) is 84.9 Å². The molecule has 0 aromatic heterocycles. The quantitative estimate of drug-likeness (QED) is 0.667. The van der Waals surface area contributed by atoms with Crippen molar-refractivity contribution in [1.82, 2.24) is 4.90 Å². The van der Waals surface area contributed by atoms with Gasteiger partial charge in [-0.15, -0.1) is 0 Å². The smallest absolute Gasteiger partial charge is 0.323 e. The van der Waals surface area contributed by atoms with Crippen LogP contribution in [0.15, 0.2) is 48.5 Å². The monoisotopic (exact) mass is 396 g/mol. The lowest BCUT2D eigenvalue weighted by molar-refractivity contribution is -0.136. The second-order valence-electron chi connectivity index (χ2n) is 7.11. The fourth-order valence-corrected chi connectivity index (χ4v) is 3.50. The van der Waals surface area contributed by atoms with E-state index in [9.17, 15) is 9.59 Å². The standard InChI is InChI=1S/C22H28N4O3/c1-2-25-12-14-26(15-13-25)20-9-4-3-8-19(20)24-22(29)23-18-7-5-6-17(16-18)10-11-21(27)28/h3-9,16H,2,10-15H2,1H3,(H,27,28)(H2,23,24,29). The van der Waals surface area contributed by atoms with Gasteiger partial charge in [0.2, 0.25) is 0 Å². The fraction of sp³-hybridized carbons (Fsp3) is 0.364. The highest BCUT2D eigenvalue weighted by Crippen LogP contribution is 2.27. The number of carboxylic acids is 1. The Labute approximate surface area is 171 Å². The predicted octanol–water partition coefficient (Wildman–Crippen LogP) is 3.49. The number of rotatable bonds is 7. The molecule has 1 saturated heterocycles. The van der Waals surface area contributed by atoms with Crippen LogP contribution in [0.3, 0.4) is 0 Å². The van der Waals surface area contributed by atoms with E-state index in [2.05, 4.69) is 27.4 Å². The molecule has 2 amide bonds. The number of amides is 2. The van der Waals surface area contributed by atoms with Gasteiger partial charge in [-0.2, -0.15) is 0 Å². The molecule has 0 unspecified atom stereocenters. The number of hydrogen-bond donors (Lipinski definition) is 3. The molecule has 0 saturated carbocycles. The van der Waals surface area contributed by atoms with Crippen molar-refractivity contribution in [3.8, 4) is 0 Å². The average molecular weight is 396 g/mol. The summed E-state index contributed by atoms with van der Waals surface area (Å²) in [7, 11) is 0. The van der Waals surface area contributed by atoms with E-state index in [-0.39, 0.29) is 12.5 Å². The number of aliphatic carboxylic acids is 1. The molecule has 0 radical (unpaired) electrons. The first-order valence-corrected chi connectivity index (χ1v) is 10.00. The Kier molecular flexibility index (Phi) is 7.08. The van der Waals surface area contributed by atoms with Crippen LogP contribution in [0.1, 0.15) is 18.9 Å². The average Bonchev–Trinajstić information content (AvgIpc) is 2.73. The van der Waals surface area contributed by atoms with Crippen LogP contribution in [0.2, 0.25) is 0 Å². The number of carboxylic acid groups (broad SMARTS) is 1. The molecule has 7 heteroatoms. The van der Waals surface area contributed by atoms with Crippen molar-refractivity contribution in [3.05, 3.63) is 54.1 Å². The third-order valence-electron chi connectivity index (χ3n) is 5.12. The number of aryl methyl sites for hydroxylation is 1. The van der Waals surface area contributed by atoms with E-state index in [4.69, 9.17) is 5.11 Å². The maximum atomic E-state index is 12.5. The van der Waals surface area contributed by atoms with E-state index in [1.807, 2.05) is 36.4 Å². The van der Waals surface area contributed by atoms with Gasteiger partial charge in [-0.3, -0.25) is 4.79 Å². The van der Waals surface area contributed by atoms with Gasteiger partial charge in [0.25, 0.3) is 0 Å². The zero-order valence-corrected chi connectivity index (χ0v) is 16.7. The van der Waals surface area contributed by atoms with Crippen LogP contribution in [0, 0.1) is 0 Å². The van der Waals surface area contributed by atoms with Gasteiger partial charge in [0.1, 0.15) is 0 Å². The van der Waals surface area contributed by atoms with E-state index >= 15 is 0 Å². The first kappa shape index (κ1) is 20.7. The Balaban J connectivity index is 1.63. The van der Waals surface area contributed by atoms with Crippen LogP contribution >= 0.6 is 0 Å². The van der Waals surface area contributed by atoms with Gasteiger partial charge in [-0.1, -0.05) is 31.2 Å². The zero-order valence-electron chi connectivity index (χ0n) is 16.7. The van der Waals surface area contributed by atoms with Gasteiger partial charge in [0.05, 0.1) is 11.4 Å². The van der Waals surface area contributed by atoms with E-state index in [0.29, 0.717) is 12.1 Å². The lowest BCUT2D eigenvalue weighted by atomic mass is 10.1. The van der Waals surface area contributed by atoms with Crippen LogP contribution in [0.4, 0.5) is 21.9 Å². The molecule has 0 spiro atoms. The number of benzene rings is 2. The Hall–Kier alpha value is -3.06. The summed E-state index contributed by atoms with van der Waals surface area (Å²) in [6, 6.07) is 14.8. The summed E-state index contributed by atoms with van der Waals surface area (Å²) >= 11 is 0. The van der Waals surface area contributed by atoms with Crippen LogP contribution in [-0.2, 0) is 11.2 Å². The van der Waals surface area contributed by atoms with Gasteiger partial charge in [-0.25, -0.2) is 4.79 Å². The highest BCUT2D eigenvalue weighted by molar-refractivity contribution is 6.01. The molecule has 2 aromatic carbocycles. The molecule has 29 heavy (non-hydrogen) atoms. The van der Waals surface area contributed by atoms with Crippen LogP contribution in [-0.4, -0.2) is 54.7 Å². The number of nitrogens with zero attached hydrogens (tertiary/aromatic N) is 2. The number of likely N-dealkylation sites (N-methyl/N-ethyl adjacent to an activating group) is 1. The first-order valence-electron chi connectivity index (χ1n) is 10.00. The number of para-hydroxylation sites is 2. The van der Waals surface area contributed by atoms with Crippen LogP contribution < -0.4 is 15.5 Å². The highest BCUT2D eigenvalue weighted by atomic mass is 16.4. The SMILES string of the molecule is CCN1CCN(c2ccccc2NC(=O)Nc2cccc(CCC(=O)O)c2)CC1. The number of anilines is 3. The van der Waals surface area contributed by atoms with Gasteiger partial charge in [-0.05, 0) is 42.8 Å². The van der Waals surface area contributed by atoms with Gasteiger partial charge in [0.15, 0.2) is 0 Å². The number of urea groups is 1. The van der Waals surface area contributed by atoms with Crippen molar-refractivity contribution in [2.45, 2.75) is 19.8 Å². The van der Waals surface area contributed by atoms with Crippen molar-refractivity contribution in [2.75, 3.05) is 48.3 Å². The summed E-state index contributed by atoms with van der Waals surface area (Å²) in [5.41, 5.74) is 3.31. The van der Waals surface area contributed by atoms with Gasteiger partial charge in [0, 0.05) is 38.3 Å². The number of nitrogens with one attached hydrogen (secondary N) is 2. The van der Waals surface area contributed by atoms with Crippen molar-refractivity contribution in [2.24, 2.45) is 0 Å². The van der Waals surface area contributed by atoms with Crippen LogP contribution in [0.25, 0.3) is 0 Å². The summed E-state index contributed by atoms with van der Waals surface area (Å²) < 4.78 is 0. The minimum atomic E-state index is -0.836. The summed E-state index contributed by atoms with van der Waals surface area (Å²) in [6.07, 6.45) is 0.493. The molecular formula is C22H28N4O3. The normalized spacial score (nSPS) is 14.4. The molecule has 2 aromatic rings. The maximum Gasteiger partial charge on any atom is 0.323 e. The molecule has 3 rings (SSSR count). The molecule has 0 aliphatic carbocycles. The Morgan fingerprint density at radius 3 is 2.48 bits per heavy atom. The maximum absolute atomic E-state index is 12.5. The Morgan fingerprint density at radius 1 is 1.00 bits per heavy atom. The third kappa shape index (κ3) is 5.96. The first-order chi connectivity index (χ1) is 14.0. The summed E-state index contributed by atoms with van der Waals surface area (Å²) in [6.45, 7) is 7.12. The Morgan fingerprint density at radius 2 is 1.76 bits per heavy atom. The minimum Gasteiger partial charge on any atom is -0.481 e. The summed E-state index contributed by atoms with van der Waals surface area (Å²) in [5.74, 6) is -0.836. The molecule has 1 aliphatic rings. The number of carbonyl (C=O) groups excluding carboxylic acids is 1. The molecule has 7 nitrogen and oxygen atoms in total. The van der Waals surface area contributed by atoms with Gasteiger partial charge >= 0.3 is 12.0 Å². The molecular weight excluding hydrogens is 368 g/mol.